The largest absolute Gasteiger partial charge is 0.344 e. The molecule has 0 radical (unpaired) electrons. The summed E-state index contributed by atoms with van der Waals surface area (Å²) in [6, 6.07) is 0. The molecule has 0 aromatic carbocycles. The van der Waals surface area contributed by atoms with Crippen LogP contribution in [0.3, 0.4) is 0 Å². The molecule has 0 heterocycles. The van der Waals surface area contributed by atoms with Crippen LogP contribution in [-0.4, -0.2) is 0 Å². The molecule has 0 bridgehead atoms. The van der Waals surface area contributed by atoms with Crippen LogP contribution >= 0.6 is 0 Å². The van der Waals surface area contributed by atoms with E-state index in [9.17, 15) is 0 Å². The minimum absolute atomic E-state index is 0. The number of rotatable bonds is 4. The van der Waals surface area contributed by atoms with Crippen molar-refractivity contribution < 1.29 is 1.43 Å². The molecule has 0 aliphatic heterocycles. The summed E-state index contributed by atoms with van der Waals surface area (Å²) in [6.07, 6.45) is 21.7. The smallest absolute Gasteiger partial charge is 0 e. The quantitative estimate of drug-likeness (QED) is 0.549. The van der Waals surface area contributed by atoms with E-state index in [0.29, 0.717) is 0 Å². The number of hydrogen-bond acceptors (Lipinski definition) is 1. The van der Waals surface area contributed by atoms with E-state index in [1.165, 1.54) is 25.7 Å². The van der Waals surface area contributed by atoms with Crippen molar-refractivity contribution in [3.8, 4) is 0 Å². The maximum absolute atomic E-state index is 2.45. The predicted octanol–water partition coefficient (Wildman–Crippen LogP) is 8.27. The summed E-state index contributed by atoms with van der Waals surface area (Å²) in [6.45, 7) is 4.90. The van der Waals surface area contributed by atoms with Gasteiger partial charge in [-0.3, -0.25) is 0 Å². The summed E-state index contributed by atoms with van der Waals surface area (Å²) < 4.78 is 0. The fraction of sp³-hybridized carbons (Fsp3) is 1.00. The molecular weight excluding hydrogens is 290 g/mol. The Morgan fingerprint density at radius 1 is 0.500 bits per heavy atom. The Hall–Kier alpha value is -0.0400. The van der Waals surface area contributed by atoms with Crippen LogP contribution < -0.4 is 6.15 Å². The van der Waals surface area contributed by atoms with Crippen LogP contribution in [0.15, 0.2) is 0 Å². The Kier molecular flexibility index (Phi) is 9.94. The van der Waals surface area contributed by atoms with Crippen LogP contribution in [0.5, 0.6) is 0 Å². The average Bonchev–Trinajstić information content (AvgIpc) is 2.54. The van der Waals surface area contributed by atoms with Gasteiger partial charge in [-0.25, -0.2) is 0 Å². The maximum Gasteiger partial charge on any atom is 0 e. The highest BCUT2D eigenvalue weighted by Crippen LogP contribution is 2.41. The van der Waals surface area contributed by atoms with E-state index in [4.69, 9.17) is 0 Å². The third-order valence-corrected chi connectivity index (χ3v) is 7.57. The number of hydrogen-bond donors (Lipinski definition) is 1. The zero-order valence-electron chi connectivity index (χ0n) is 16.1. The fourth-order valence-electron chi connectivity index (χ4n) is 5.78. The van der Waals surface area contributed by atoms with Crippen LogP contribution in [0.4, 0.5) is 0 Å². The van der Waals surface area contributed by atoms with Gasteiger partial charge in [-0.05, 0) is 48.3 Å². The predicted molar refractivity (Wildman–Crippen MR) is 111 cm³/mol. The molecule has 0 atom stereocenters. The molecule has 0 spiro atoms. The summed E-state index contributed by atoms with van der Waals surface area (Å²) in [5, 5.41) is 0. The van der Waals surface area contributed by atoms with Crippen molar-refractivity contribution in [2.45, 2.75) is 111 Å². The molecule has 3 fully saturated rings. The second-order valence-electron chi connectivity index (χ2n) is 9.61. The van der Waals surface area contributed by atoms with Gasteiger partial charge in [0, 0.05) is 1.43 Å². The summed E-state index contributed by atoms with van der Waals surface area (Å²) in [5.41, 5.74) is 0. The van der Waals surface area contributed by atoms with Crippen molar-refractivity contribution in [3.05, 3.63) is 0 Å². The Labute approximate surface area is 154 Å². The molecule has 3 saturated carbocycles. The van der Waals surface area contributed by atoms with Gasteiger partial charge < -0.3 is 6.15 Å². The first-order chi connectivity index (χ1) is 10.7. The first kappa shape index (κ1) is 22.0. The normalized spacial score (nSPS) is 40.2. The molecule has 146 valence electrons. The van der Waals surface area contributed by atoms with Gasteiger partial charge in [0.15, 0.2) is 0 Å². The summed E-state index contributed by atoms with van der Waals surface area (Å²) in [7, 11) is 0. The molecule has 0 unspecified atom stereocenters. The Morgan fingerprint density at radius 2 is 0.708 bits per heavy atom. The van der Waals surface area contributed by atoms with Gasteiger partial charge >= 0.3 is 0 Å². The second kappa shape index (κ2) is 10.8. The third-order valence-electron chi connectivity index (χ3n) is 7.57. The highest BCUT2D eigenvalue weighted by atomic mass is 14.3. The van der Waals surface area contributed by atoms with Crippen LogP contribution in [0.2, 0.25) is 0 Å². The van der Waals surface area contributed by atoms with E-state index in [2.05, 4.69) is 13.8 Å². The van der Waals surface area contributed by atoms with Crippen molar-refractivity contribution >= 4 is 0 Å². The van der Waals surface area contributed by atoms with E-state index >= 15 is 0 Å². The second-order valence-corrected chi connectivity index (χ2v) is 9.61. The first-order valence-electron chi connectivity index (χ1n) is 10.7. The van der Waals surface area contributed by atoms with E-state index in [1.807, 2.05) is 0 Å². The van der Waals surface area contributed by atoms with Crippen LogP contribution in [0.1, 0.15) is 113 Å². The fourth-order valence-corrected chi connectivity index (χ4v) is 5.78. The molecule has 3 aliphatic carbocycles. The topological polar surface area (TPSA) is 35.0 Å². The summed E-state index contributed by atoms with van der Waals surface area (Å²) in [4.78, 5) is 0. The molecule has 1 nitrogen and oxygen atoms in total. The highest BCUT2D eigenvalue weighted by Gasteiger charge is 2.28. The maximum atomic E-state index is 2.45. The van der Waals surface area contributed by atoms with E-state index in [-0.39, 0.29) is 15.0 Å². The average molecular weight is 340 g/mol. The van der Waals surface area contributed by atoms with Crippen LogP contribution in [-0.2, 0) is 0 Å². The van der Waals surface area contributed by atoms with E-state index < -0.39 is 0 Å². The van der Waals surface area contributed by atoms with Gasteiger partial charge in [0.25, 0.3) is 0 Å². The molecule has 0 saturated heterocycles. The molecule has 1 heteroatoms. The molecule has 3 aliphatic rings. The van der Waals surface area contributed by atoms with Gasteiger partial charge in [-0.1, -0.05) is 98.3 Å². The molecule has 3 N–H and O–H groups in total. The van der Waals surface area contributed by atoms with Gasteiger partial charge in [0.1, 0.15) is 0 Å². The van der Waals surface area contributed by atoms with Gasteiger partial charge in [-0.15, -0.1) is 0 Å². The Morgan fingerprint density at radius 3 is 0.958 bits per heavy atom. The SMILES string of the molecule is C.CC1CCC(CC2CCC(CC3CCC(C)CC3)CC2)CC1.N.[HH]. The van der Waals surface area contributed by atoms with Crippen LogP contribution in [0, 0.1) is 35.5 Å². The van der Waals surface area contributed by atoms with E-state index in [1.54, 1.807) is 64.2 Å². The van der Waals surface area contributed by atoms with E-state index in [0.717, 1.165) is 35.5 Å². The van der Waals surface area contributed by atoms with Crippen molar-refractivity contribution in [2.75, 3.05) is 0 Å². The van der Waals surface area contributed by atoms with Gasteiger partial charge in [0.2, 0.25) is 0 Å². The van der Waals surface area contributed by atoms with Gasteiger partial charge in [-0.2, -0.15) is 0 Å². The third kappa shape index (κ3) is 6.70. The van der Waals surface area contributed by atoms with Crippen molar-refractivity contribution in [2.24, 2.45) is 35.5 Å². The monoisotopic (exact) mass is 339 g/mol. The lowest BCUT2D eigenvalue weighted by atomic mass is 9.70. The molecule has 0 aromatic rings. The summed E-state index contributed by atoms with van der Waals surface area (Å²) >= 11 is 0. The standard InChI is InChI=1S/C22H40.CH4.H3N.H2/c1-17-3-7-19(8-4-17)15-21-11-13-22(14-12-21)16-20-9-5-18(2)6-10-20;;;/h17-22H,3-16H2,1-2H3;1H4;1H3;1H. The molecule has 0 aromatic heterocycles. The first-order valence-corrected chi connectivity index (χ1v) is 10.7. The minimum Gasteiger partial charge on any atom is -0.344 e. The molecule has 3 rings (SSSR count). The lowest BCUT2D eigenvalue weighted by Crippen LogP contribution is -2.22. The van der Waals surface area contributed by atoms with Crippen molar-refractivity contribution in [1.29, 1.82) is 0 Å². The Balaban J connectivity index is 0.00000192. The van der Waals surface area contributed by atoms with Crippen LogP contribution in [0.25, 0.3) is 0 Å². The van der Waals surface area contributed by atoms with Gasteiger partial charge in [0.05, 0.1) is 0 Å². The van der Waals surface area contributed by atoms with Crippen molar-refractivity contribution in [3.63, 3.8) is 0 Å². The Bertz CT molecular complexity index is 276. The lowest BCUT2D eigenvalue weighted by Gasteiger charge is -2.35. The minimum atomic E-state index is 0. The molecule has 0 amide bonds. The van der Waals surface area contributed by atoms with Crippen molar-refractivity contribution in [1.82, 2.24) is 6.15 Å². The lowest BCUT2D eigenvalue weighted by molar-refractivity contribution is 0.168. The molecular formula is C23H49N. The summed E-state index contributed by atoms with van der Waals surface area (Å²) in [5.74, 6) is 6.42. The highest BCUT2D eigenvalue weighted by molar-refractivity contribution is 4.80. The molecule has 24 heavy (non-hydrogen) atoms. The zero-order chi connectivity index (χ0) is 15.4. The zero-order valence-corrected chi connectivity index (χ0v) is 16.1.